The number of aromatic amines is 1. The number of anilines is 1. The van der Waals surface area contributed by atoms with E-state index < -0.39 is 0 Å². The maximum Gasteiger partial charge on any atom is 0.365 e. The van der Waals surface area contributed by atoms with Crippen LogP contribution in [0.25, 0.3) is 11.0 Å². The van der Waals surface area contributed by atoms with Gasteiger partial charge in [0.2, 0.25) is 6.17 Å². The third-order valence-electron chi connectivity index (χ3n) is 4.48. The van der Waals surface area contributed by atoms with Crippen LogP contribution >= 0.6 is 0 Å². The zero-order valence-corrected chi connectivity index (χ0v) is 14.2. The van der Waals surface area contributed by atoms with E-state index in [9.17, 15) is 0 Å². The summed E-state index contributed by atoms with van der Waals surface area (Å²) in [6.45, 7) is 6.65. The van der Waals surface area contributed by atoms with Crippen LogP contribution in [0.15, 0.2) is 53.5 Å². The number of para-hydroxylation sites is 2. The minimum Gasteiger partial charge on any atom is -0.357 e. The second-order valence-corrected chi connectivity index (χ2v) is 7.25. The molecule has 2 heterocycles. The van der Waals surface area contributed by atoms with E-state index in [1.807, 2.05) is 12.1 Å². The Morgan fingerprint density at radius 2 is 1.75 bits per heavy atom. The molecule has 1 aliphatic heterocycles. The third-order valence-corrected chi connectivity index (χ3v) is 4.48. The summed E-state index contributed by atoms with van der Waals surface area (Å²) < 4.78 is 2.15. The van der Waals surface area contributed by atoms with Gasteiger partial charge in [0, 0.05) is 5.56 Å². The van der Waals surface area contributed by atoms with Gasteiger partial charge >= 0.3 is 5.95 Å². The molecular weight excluding hydrogens is 298 g/mol. The molecular formula is C19H22N5+. The number of guanidine groups is 1. The molecule has 5 heteroatoms. The minimum atomic E-state index is -0.175. The standard InChI is InChI=1S/C19H21N5/c1-19(2,3)13-10-8-12(9-11-13)16-22-17(20)23-18-21-14-6-4-5-7-15(14)24(16)18/h4-11,16H,1-3H3,(H3,20,21,22,23)/p+1/t16-/m0/s1. The van der Waals surface area contributed by atoms with Gasteiger partial charge in [-0.1, -0.05) is 57.2 Å². The Bertz CT molecular complexity index is 929. The molecule has 0 bridgehead atoms. The van der Waals surface area contributed by atoms with Gasteiger partial charge in [0.1, 0.15) is 11.0 Å². The van der Waals surface area contributed by atoms with E-state index in [2.05, 4.69) is 77.0 Å². The number of nitrogens with zero attached hydrogens (tertiary/aromatic N) is 2. The lowest BCUT2D eigenvalue weighted by atomic mass is 9.86. The summed E-state index contributed by atoms with van der Waals surface area (Å²) in [7, 11) is 0. The number of fused-ring (bicyclic) bond motifs is 3. The number of aliphatic imine (C=N–C) groups is 1. The van der Waals surface area contributed by atoms with E-state index in [0.717, 1.165) is 22.5 Å². The Morgan fingerprint density at radius 1 is 1.04 bits per heavy atom. The number of H-pyrrole nitrogens is 1. The van der Waals surface area contributed by atoms with Gasteiger partial charge in [-0.05, 0) is 23.1 Å². The summed E-state index contributed by atoms with van der Waals surface area (Å²) in [5.74, 6) is 1.28. The summed E-state index contributed by atoms with van der Waals surface area (Å²) in [5.41, 5.74) is 10.7. The van der Waals surface area contributed by atoms with Crippen molar-refractivity contribution in [2.45, 2.75) is 32.4 Å². The van der Waals surface area contributed by atoms with Gasteiger partial charge in [0.25, 0.3) is 5.96 Å². The van der Waals surface area contributed by atoms with E-state index in [1.165, 1.54) is 5.56 Å². The molecule has 4 N–H and O–H groups in total. The van der Waals surface area contributed by atoms with Gasteiger partial charge in [0.15, 0.2) is 0 Å². The van der Waals surface area contributed by atoms with E-state index >= 15 is 0 Å². The van der Waals surface area contributed by atoms with Gasteiger partial charge in [0.05, 0.1) is 0 Å². The van der Waals surface area contributed by atoms with Crippen LogP contribution in [0.1, 0.15) is 38.1 Å². The number of imidazole rings is 1. The molecule has 3 aromatic rings. The largest absolute Gasteiger partial charge is 0.365 e. The van der Waals surface area contributed by atoms with Crippen molar-refractivity contribution in [2.75, 3.05) is 5.32 Å². The van der Waals surface area contributed by atoms with Crippen LogP contribution < -0.4 is 15.6 Å². The number of benzene rings is 2. The quantitative estimate of drug-likeness (QED) is 0.603. The number of nitrogens with two attached hydrogens (primary N) is 1. The number of hydrogen-bond acceptors (Lipinski definition) is 3. The van der Waals surface area contributed by atoms with E-state index in [4.69, 9.17) is 5.73 Å². The maximum atomic E-state index is 6.00. The predicted molar refractivity (Wildman–Crippen MR) is 97.0 cm³/mol. The first-order valence-electron chi connectivity index (χ1n) is 8.16. The molecule has 1 atom stereocenters. The summed E-state index contributed by atoms with van der Waals surface area (Å²) in [5, 5.41) is 3.12. The number of nitrogens with one attached hydrogen (secondary N) is 2. The highest BCUT2D eigenvalue weighted by atomic mass is 15.4. The molecule has 0 spiro atoms. The van der Waals surface area contributed by atoms with Crippen molar-refractivity contribution in [3.63, 3.8) is 0 Å². The van der Waals surface area contributed by atoms with Crippen molar-refractivity contribution in [1.82, 2.24) is 4.98 Å². The highest BCUT2D eigenvalue weighted by molar-refractivity contribution is 5.92. The average molecular weight is 320 g/mol. The molecule has 1 aromatic heterocycles. The Labute approximate surface area is 141 Å². The van der Waals surface area contributed by atoms with Crippen LogP contribution in [-0.2, 0) is 5.41 Å². The lowest BCUT2D eigenvalue weighted by Crippen LogP contribution is -2.48. The zero-order valence-electron chi connectivity index (χ0n) is 14.2. The van der Waals surface area contributed by atoms with Gasteiger partial charge in [-0.25, -0.2) is 14.9 Å². The molecule has 4 rings (SSSR count). The van der Waals surface area contributed by atoms with Gasteiger partial charge in [-0.15, -0.1) is 0 Å². The fraction of sp³-hybridized carbons (Fsp3) is 0.263. The molecule has 0 saturated carbocycles. The molecule has 122 valence electrons. The zero-order chi connectivity index (χ0) is 16.9. The summed E-state index contributed by atoms with van der Waals surface area (Å²) in [4.78, 5) is 8.01. The lowest BCUT2D eigenvalue weighted by molar-refractivity contribution is -0.674. The van der Waals surface area contributed by atoms with Crippen molar-refractivity contribution in [3.05, 3.63) is 59.7 Å². The molecule has 24 heavy (non-hydrogen) atoms. The van der Waals surface area contributed by atoms with E-state index in [-0.39, 0.29) is 11.6 Å². The molecule has 1 aliphatic rings. The Morgan fingerprint density at radius 3 is 2.46 bits per heavy atom. The highest BCUT2D eigenvalue weighted by Crippen LogP contribution is 2.27. The first kappa shape index (κ1) is 14.8. The summed E-state index contributed by atoms with van der Waals surface area (Å²) >= 11 is 0. The van der Waals surface area contributed by atoms with Crippen LogP contribution in [0.2, 0.25) is 0 Å². The number of rotatable bonds is 1. The van der Waals surface area contributed by atoms with Gasteiger partial charge in [-0.2, -0.15) is 4.99 Å². The molecule has 0 fully saturated rings. The van der Waals surface area contributed by atoms with Crippen molar-refractivity contribution >= 4 is 22.9 Å². The molecule has 0 saturated heterocycles. The normalized spacial score (nSPS) is 17.3. The van der Waals surface area contributed by atoms with Crippen LogP contribution in [0.4, 0.5) is 5.95 Å². The summed E-state index contributed by atoms with van der Waals surface area (Å²) in [6.07, 6.45) is -0.175. The molecule has 0 amide bonds. The third kappa shape index (κ3) is 2.33. The highest BCUT2D eigenvalue weighted by Gasteiger charge is 2.31. The Balaban J connectivity index is 1.85. The maximum absolute atomic E-state index is 6.00. The smallest absolute Gasteiger partial charge is 0.357 e. The molecule has 0 aliphatic carbocycles. The van der Waals surface area contributed by atoms with E-state index in [1.54, 1.807) is 0 Å². The molecule has 5 nitrogen and oxygen atoms in total. The number of aromatic nitrogens is 2. The second kappa shape index (κ2) is 5.09. The van der Waals surface area contributed by atoms with Crippen molar-refractivity contribution in [2.24, 2.45) is 10.7 Å². The molecule has 0 radical (unpaired) electrons. The fourth-order valence-corrected chi connectivity index (χ4v) is 3.17. The van der Waals surface area contributed by atoms with Crippen LogP contribution in [0.5, 0.6) is 0 Å². The van der Waals surface area contributed by atoms with Gasteiger partial charge < -0.3 is 5.73 Å². The van der Waals surface area contributed by atoms with E-state index in [0.29, 0.717) is 5.96 Å². The molecule has 2 aromatic carbocycles. The fourth-order valence-electron chi connectivity index (χ4n) is 3.17. The Hall–Kier alpha value is -2.82. The monoisotopic (exact) mass is 320 g/mol. The van der Waals surface area contributed by atoms with Crippen molar-refractivity contribution < 1.29 is 4.57 Å². The topological polar surface area (TPSA) is 70.1 Å². The second-order valence-electron chi connectivity index (χ2n) is 7.25. The minimum absolute atomic E-state index is 0.133. The average Bonchev–Trinajstić information content (AvgIpc) is 2.91. The van der Waals surface area contributed by atoms with Crippen LogP contribution in [-0.4, -0.2) is 10.9 Å². The van der Waals surface area contributed by atoms with Crippen molar-refractivity contribution in [3.8, 4) is 0 Å². The van der Waals surface area contributed by atoms with Gasteiger partial charge in [-0.3, -0.25) is 0 Å². The SMILES string of the molecule is CC(C)(C)c1ccc([C@H]2N=C(N)Nc3[nH]c4ccccc4[n+]32)cc1. The predicted octanol–water partition coefficient (Wildman–Crippen LogP) is 3.04. The Kier molecular flexibility index (Phi) is 3.13. The number of hydrogen-bond donors (Lipinski definition) is 3. The molecule has 0 unspecified atom stereocenters. The van der Waals surface area contributed by atoms with Crippen LogP contribution in [0.3, 0.4) is 0 Å². The summed E-state index contributed by atoms with van der Waals surface area (Å²) in [6, 6.07) is 16.8. The van der Waals surface area contributed by atoms with Crippen LogP contribution in [0, 0.1) is 0 Å². The first-order valence-corrected chi connectivity index (χ1v) is 8.16. The lowest BCUT2D eigenvalue weighted by Gasteiger charge is -2.21. The first-order chi connectivity index (χ1) is 11.4. The van der Waals surface area contributed by atoms with Crippen molar-refractivity contribution in [1.29, 1.82) is 0 Å².